The topological polar surface area (TPSA) is 84.7 Å². The van der Waals surface area contributed by atoms with Crippen LogP contribution < -0.4 is 11.1 Å². The van der Waals surface area contributed by atoms with E-state index in [2.05, 4.69) is 5.32 Å². The zero-order chi connectivity index (χ0) is 16.7. The molecule has 0 aromatic heterocycles. The predicted molar refractivity (Wildman–Crippen MR) is 84.9 cm³/mol. The molecule has 3 amide bonds. The van der Waals surface area contributed by atoms with E-state index in [4.69, 9.17) is 33.7 Å². The summed E-state index contributed by atoms with van der Waals surface area (Å²) in [6, 6.07) is 3.28. The quantitative estimate of drug-likeness (QED) is 0.864. The van der Waals surface area contributed by atoms with E-state index in [0.717, 1.165) is 0 Å². The molecule has 3 N–H and O–H groups in total. The van der Waals surface area contributed by atoms with Crippen molar-refractivity contribution in [3.63, 3.8) is 0 Å². The Bertz CT molecular complexity index is 601. The van der Waals surface area contributed by atoms with Crippen molar-refractivity contribution in [1.29, 1.82) is 0 Å². The summed E-state index contributed by atoms with van der Waals surface area (Å²) in [6.45, 7) is 5.08. The number of hydrogen-bond donors (Lipinski definition) is 2. The minimum atomic E-state index is -0.967. The maximum Gasteiger partial charge on any atom is 0.324 e. The largest absolute Gasteiger partial charge is 0.368 e. The van der Waals surface area contributed by atoms with E-state index in [9.17, 15) is 9.59 Å². The van der Waals surface area contributed by atoms with Crippen molar-refractivity contribution < 1.29 is 14.3 Å². The number of carbonyl (C=O) groups excluding carboxylic acids is 2. The standard InChI is InChI=1S/C14H17Cl2N3O3/c1-7-11(12(17)20)19(14(2,3)22-7)13(21)18-10-5-8(15)4-9(16)6-10/h4-7,11H,1-3H3,(H2,17,20)(H,18,21). The average molecular weight is 346 g/mol. The number of nitrogens with one attached hydrogen (secondary N) is 1. The molecule has 1 aromatic carbocycles. The van der Waals surface area contributed by atoms with Crippen LogP contribution in [0.3, 0.4) is 0 Å². The van der Waals surface area contributed by atoms with E-state index in [1.54, 1.807) is 39.0 Å². The lowest BCUT2D eigenvalue weighted by Gasteiger charge is -2.32. The highest BCUT2D eigenvalue weighted by atomic mass is 35.5. The van der Waals surface area contributed by atoms with Crippen LogP contribution in [0, 0.1) is 0 Å². The molecule has 1 aliphatic heterocycles. The summed E-state index contributed by atoms with van der Waals surface area (Å²) in [5.41, 5.74) is 4.85. The number of benzene rings is 1. The van der Waals surface area contributed by atoms with Gasteiger partial charge in [-0.25, -0.2) is 4.79 Å². The molecule has 1 fully saturated rings. The highest BCUT2D eigenvalue weighted by molar-refractivity contribution is 6.35. The maximum absolute atomic E-state index is 12.6. The minimum Gasteiger partial charge on any atom is -0.368 e. The molecule has 2 unspecified atom stereocenters. The van der Waals surface area contributed by atoms with Gasteiger partial charge < -0.3 is 15.8 Å². The molecule has 22 heavy (non-hydrogen) atoms. The SMILES string of the molecule is CC1OC(C)(C)N(C(=O)Nc2cc(Cl)cc(Cl)c2)C1C(N)=O. The molecule has 1 aromatic rings. The van der Waals surface area contributed by atoms with Gasteiger partial charge >= 0.3 is 6.03 Å². The van der Waals surface area contributed by atoms with Crippen LogP contribution in [-0.2, 0) is 9.53 Å². The molecule has 1 aliphatic rings. The fourth-order valence-electron chi connectivity index (χ4n) is 2.66. The summed E-state index contributed by atoms with van der Waals surface area (Å²) in [4.78, 5) is 25.5. The van der Waals surface area contributed by atoms with Crippen molar-refractivity contribution in [2.45, 2.75) is 38.6 Å². The van der Waals surface area contributed by atoms with E-state index >= 15 is 0 Å². The highest BCUT2D eigenvalue weighted by Crippen LogP contribution is 2.33. The van der Waals surface area contributed by atoms with Crippen LogP contribution in [0.15, 0.2) is 18.2 Å². The number of carbonyl (C=O) groups is 2. The summed E-state index contributed by atoms with van der Waals surface area (Å²) >= 11 is 11.8. The third-order valence-corrected chi connectivity index (χ3v) is 3.84. The van der Waals surface area contributed by atoms with Gasteiger partial charge in [0.2, 0.25) is 5.91 Å². The number of primary amides is 1. The van der Waals surface area contributed by atoms with Crippen LogP contribution in [0.1, 0.15) is 20.8 Å². The van der Waals surface area contributed by atoms with Gasteiger partial charge in [-0.3, -0.25) is 9.69 Å². The number of urea groups is 1. The van der Waals surface area contributed by atoms with E-state index < -0.39 is 29.8 Å². The van der Waals surface area contributed by atoms with E-state index in [1.165, 1.54) is 4.90 Å². The predicted octanol–water partition coefficient (Wildman–Crippen LogP) is 2.84. The summed E-state index contributed by atoms with van der Waals surface area (Å²) in [5.74, 6) is -0.627. The van der Waals surface area contributed by atoms with Crippen LogP contribution in [-0.4, -0.2) is 34.7 Å². The summed E-state index contributed by atoms with van der Waals surface area (Å²) in [6.07, 6.45) is -0.499. The number of nitrogens with two attached hydrogens (primary N) is 1. The smallest absolute Gasteiger partial charge is 0.324 e. The molecule has 2 rings (SSSR count). The number of hydrogen-bond acceptors (Lipinski definition) is 3. The molecule has 0 spiro atoms. The molecule has 0 bridgehead atoms. The van der Waals surface area contributed by atoms with E-state index in [1.807, 2.05) is 0 Å². The third-order valence-electron chi connectivity index (χ3n) is 3.40. The molecule has 0 saturated carbocycles. The van der Waals surface area contributed by atoms with E-state index in [0.29, 0.717) is 15.7 Å². The van der Waals surface area contributed by atoms with Crippen molar-refractivity contribution in [3.8, 4) is 0 Å². The number of rotatable bonds is 2. The Morgan fingerprint density at radius 1 is 1.27 bits per heavy atom. The maximum atomic E-state index is 12.6. The minimum absolute atomic E-state index is 0.388. The lowest BCUT2D eigenvalue weighted by Crippen LogP contribution is -2.54. The Labute approximate surface area is 138 Å². The van der Waals surface area contributed by atoms with Gasteiger partial charge in [-0.2, -0.15) is 0 Å². The van der Waals surface area contributed by atoms with Crippen LogP contribution in [0.25, 0.3) is 0 Å². The Morgan fingerprint density at radius 2 is 1.82 bits per heavy atom. The van der Waals surface area contributed by atoms with Crippen molar-refractivity contribution in [2.75, 3.05) is 5.32 Å². The molecular formula is C14H17Cl2N3O3. The van der Waals surface area contributed by atoms with Gasteiger partial charge in [0.1, 0.15) is 11.8 Å². The number of anilines is 1. The van der Waals surface area contributed by atoms with Crippen LogP contribution in [0.2, 0.25) is 10.0 Å². The normalized spacial score (nSPS) is 23.4. The van der Waals surface area contributed by atoms with Crippen LogP contribution in [0.5, 0.6) is 0 Å². The van der Waals surface area contributed by atoms with E-state index in [-0.39, 0.29) is 0 Å². The molecule has 8 heteroatoms. The zero-order valence-electron chi connectivity index (χ0n) is 12.4. The summed E-state index contributed by atoms with van der Waals surface area (Å²) < 4.78 is 5.65. The lowest BCUT2D eigenvalue weighted by atomic mass is 10.1. The first-order valence-electron chi connectivity index (χ1n) is 6.65. The Balaban J connectivity index is 2.28. The van der Waals surface area contributed by atoms with Crippen molar-refractivity contribution >= 4 is 40.8 Å². The van der Waals surface area contributed by atoms with Gasteiger partial charge in [-0.15, -0.1) is 0 Å². The van der Waals surface area contributed by atoms with Crippen molar-refractivity contribution in [1.82, 2.24) is 4.90 Å². The second-order valence-corrected chi connectivity index (χ2v) is 6.45. The lowest BCUT2D eigenvalue weighted by molar-refractivity contribution is -0.122. The number of amides is 3. The third kappa shape index (κ3) is 3.29. The van der Waals surface area contributed by atoms with Gasteiger partial charge in [-0.05, 0) is 39.0 Å². The second kappa shape index (κ2) is 5.95. The van der Waals surface area contributed by atoms with Crippen LogP contribution in [0.4, 0.5) is 10.5 Å². The number of ether oxygens (including phenoxy) is 1. The molecule has 2 atom stereocenters. The van der Waals surface area contributed by atoms with Crippen molar-refractivity contribution in [3.05, 3.63) is 28.2 Å². The van der Waals surface area contributed by atoms with Crippen LogP contribution >= 0.6 is 23.2 Å². The molecule has 6 nitrogen and oxygen atoms in total. The Morgan fingerprint density at radius 3 is 2.32 bits per heavy atom. The van der Waals surface area contributed by atoms with Gasteiger partial charge in [0.25, 0.3) is 0 Å². The molecule has 120 valence electrons. The number of halogens is 2. The fraction of sp³-hybridized carbons (Fsp3) is 0.429. The highest BCUT2D eigenvalue weighted by Gasteiger charge is 2.50. The zero-order valence-corrected chi connectivity index (χ0v) is 13.9. The monoisotopic (exact) mass is 345 g/mol. The summed E-state index contributed by atoms with van der Waals surface area (Å²) in [5, 5.41) is 3.43. The van der Waals surface area contributed by atoms with Gasteiger partial charge in [-0.1, -0.05) is 23.2 Å². The first-order valence-corrected chi connectivity index (χ1v) is 7.41. The molecular weight excluding hydrogens is 329 g/mol. The Kier molecular flexibility index (Phi) is 4.56. The fourth-order valence-corrected chi connectivity index (χ4v) is 3.19. The summed E-state index contributed by atoms with van der Waals surface area (Å²) in [7, 11) is 0. The molecule has 0 aliphatic carbocycles. The van der Waals surface area contributed by atoms with Crippen molar-refractivity contribution in [2.24, 2.45) is 5.73 Å². The first-order chi connectivity index (χ1) is 10.1. The molecule has 1 saturated heterocycles. The average Bonchev–Trinajstić information content (AvgIpc) is 2.56. The Hall–Kier alpha value is -1.50. The molecule has 1 heterocycles. The van der Waals surface area contributed by atoms with Gasteiger partial charge in [0, 0.05) is 15.7 Å². The molecule has 0 radical (unpaired) electrons. The van der Waals surface area contributed by atoms with Gasteiger partial charge in [0.05, 0.1) is 6.10 Å². The first kappa shape index (κ1) is 16.9. The number of nitrogens with zero attached hydrogens (tertiary/aromatic N) is 1. The van der Waals surface area contributed by atoms with Gasteiger partial charge in [0.15, 0.2) is 0 Å². The second-order valence-electron chi connectivity index (χ2n) is 5.58.